The van der Waals surface area contributed by atoms with Crippen LogP contribution in [-0.2, 0) is 9.53 Å². The number of nitrogens with zero attached hydrogens (tertiary/aromatic N) is 1. The van der Waals surface area contributed by atoms with Gasteiger partial charge in [0.15, 0.2) is 0 Å². The molecule has 0 atom stereocenters. The molecule has 104 valence electrons. The number of carbonyl (C=O) groups is 1. The van der Waals surface area contributed by atoms with Gasteiger partial charge < -0.3 is 15.4 Å². The molecule has 1 aliphatic rings. The van der Waals surface area contributed by atoms with Gasteiger partial charge >= 0.3 is 0 Å². The lowest BCUT2D eigenvalue weighted by atomic mass is 10.2. The molecule has 0 aromatic heterocycles. The standard InChI is InChI=1S/C13H24N2O2S/c1-2-8-17-9-7-13(16)15(10-12(14)18)11-5-3-4-6-11/h11H,2-10H2,1H3,(H2,14,18). The Morgan fingerprint density at radius 3 is 2.61 bits per heavy atom. The molecule has 0 heterocycles. The summed E-state index contributed by atoms with van der Waals surface area (Å²) in [6.45, 7) is 3.67. The van der Waals surface area contributed by atoms with Crippen LogP contribution >= 0.6 is 12.2 Å². The second-order valence-corrected chi connectivity index (χ2v) is 5.31. The van der Waals surface area contributed by atoms with Crippen molar-refractivity contribution >= 4 is 23.1 Å². The Balaban J connectivity index is 2.42. The van der Waals surface area contributed by atoms with E-state index in [2.05, 4.69) is 6.92 Å². The fourth-order valence-corrected chi connectivity index (χ4v) is 2.49. The van der Waals surface area contributed by atoms with Gasteiger partial charge in [0, 0.05) is 12.6 Å². The van der Waals surface area contributed by atoms with Crippen molar-refractivity contribution < 1.29 is 9.53 Å². The molecule has 0 saturated heterocycles. The first kappa shape index (κ1) is 15.4. The summed E-state index contributed by atoms with van der Waals surface area (Å²) in [7, 11) is 0. The topological polar surface area (TPSA) is 55.6 Å². The van der Waals surface area contributed by atoms with Crippen LogP contribution in [0, 0.1) is 0 Å². The van der Waals surface area contributed by atoms with Crippen LogP contribution in [0.1, 0.15) is 45.4 Å². The van der Waals surface area contributed by atoms with Gasteiger partial charge in [-0.25, -0.2) is 0 Å². The van der Waals surface area contributed by atoms with Crippen LogP contribution in [-0.4, -0.2) is 41.6 Å². The van der Waals surface area contributed by atoms with Gasteiger partial charge in [0.1, 0.15) is 0 Å². The second kappa shape index (κ2) is 8.43. The van der Waals surface area contributed by atoms with E-state index in [0.717, 1.165) is 19.3 Å². The summed E-state index contributed by atoms with van der Waals surface area (Å²) in [5.41, 5.74) is 5.58. The number of hydrogen-bond acceptors (Lipinski definition) is 3. The average molecular weight is 272 g/mol. The van der Waals surface area contributed by atoms with Crippen molar-refractivity contribution in [2.24, 2.45) is 5.73 Å². The number of thiocarbonyl (C=S) groups is 1. The van der Waals surface area contributed by atoms with Crippen molar-refractivity contribution in [2.45, 2.75) is 51.5 Å². The maximum atomic E-state index is 12.2. The van der Waals surface area contributed by atoms with Crippen LogP contribution in [0.4, 0.5) is 0 Å². The van der Waals surface area contributed by atoms with Crippen LogP contribution in [0.15, 0.2) is 0 Å². The van der Waals surface area contributed by atoms with E-state index in [9.17, 15) is 4.79 Å². The number of carbonyl (C=O) groups excluding carboxylic acids is 1. The molecule has 0 spiro atoms. The Morgan fingerprint density at radius 2 is 2.06 bits per heavy atom. The summed E-state index contributed by atoms with van der Waals surface area (Å²) in [4.78, 5) is 14.4. The van der Waals surface area contributed by atoms with E-state index in [0.29, 0.717) is 37.2 Å². The first-order chi connectivity index (χ1) is 8.65. The van der Waals surface area contributed by atoms with Crippen molar-refractivity contribution in [3.63, 3.8) is 0 Å². The van der Waals surface area contributed by atoms with Gasteiger partial charge in [-0.1, -0.05) is 32.0 Å². The molecule has 1 fully saturated rings. The molecule has 0 unspecified atom stereocenters. The lowest BCUT2D eigenvalue weighted by Gasteiger charge is -2.28. The Kier molecular flexibility index (Phi) is 7.20. The van der Waals surface area contributed by atoms with Gasteiger partial charge in [0.25, 0.3) is 0 Å². The zero-order chi connectivity index (χ0) is 13.4. The predicted octanol–water partition coefficient (Wildman–Crippen LogP) is 1.86. The van der Waals surface area contributed by atoms with Crippen molar-refractivity contribution in [3.8, 4) is 0 Å². The highest BCUT2D eigenvalue weighted by Gasteiger charge is 2.26. The van der Waals surface area contributed by atoms with E-state index in [1.165, 1.54) is 12.8 Å². The van der Waals surface area contributed by atoms with Crippen LogP contribution in [0.3, 0.4) is 0 Å². The van der Waals surface area contributed by atoms with E-state index in [1.807, 2.05) is 4.90 Å². The Hall–Kier alpha value is -0.680. The zero-order valence-corrected chi connectivity index (χ0v) is 12.0. The largest absolute Gasteiger partial charge is 0.392 e. The minimum absolute atomic E-state index is 0.116. The lowest BCUT2D eigenvalue weighted by Crippen LogP contribution is -2.43. The van der Waals surface area contributed by atoms with Crippen molar-refractivity contribution in [1.82, 2.24) is 4.90 Å². The number of rotatable bonds is 8. The van der Waals surface area contributed by atoms with Crippen LogP contribution in [0.2, 0.25) is 0 Å². The molecule has 1 aliphatic carbocycles. The van der Waals surface area contributed by atoms with Crippen molar-refractivity contribution in [2.75, 3.05) is 19.8 Å². The van der Waals surface area contributed by atoms with Crippen LogP contribution < -0.4 is 5.73 Å². The first-order valence-corrected chi connectivity index (χ1v) is 7.21. The minimum atomic E-state index is 0.116. The molecule has 1 amide bonds. The lowest BCUT2D eigenvalue weighted by molar-refractivity contribution is -0.133. The van der Waals surface area contributed by atoms with Gasteiger partial charge in [-0.3, -0.25) is 4.79 Å². The molecule has 2 N–H and O–H groups in total. The number of nitrogens with two attached hydrogens (primary N) is 1. The maximum absolute atomic E-state index is 12.2. The Labute approximate surface area is 115 Å². The molecular formula is C13H24N2O2S. The normalized spacial score (nSPS) is 15.8. The van der Waals surface area contributed by atoms with Crippen LogP contribution in [0.25, 0.3) is 0 Å². The summed E-state index contributed by atoms with van der Waals surface area (Å²) in [6, 6.07) is 0.324. The van der Waals surface area contributed by atoms with Gasteiger partial charge in [-0.05, 0) is 19.3 Å². The number of hydrogen-bond donors (Lipinski definition) is 1. The molecule has 1 rings (SSSR count). The third-order valence-electron chi connectivity index (χ3n) is 3.22. The Morgan fingerprint density at radius 1 is 1.39 bits per heavy atom. The van der Waals surface area contributed by atoms with E-state index >= 15 is 0 Å². The van der Waals surface area contributed by atoms with E-state index in [1.54, 1.807) is 0 Å². The highest BCUT2D eigenvalue weighted by molar-refractivity contribution is 7.80. The van der Waals surface area contributed by atoms with E-state index in [4.69, 9.17) is 22.7 Å². The van der Waals surface area contributed by atoms with Gasteiger partial charge in [-0.15, -0.1) is 0 Å². The second-order valence-electron chi connectivity index (χ2n) is 4.79. The molecule has 18 heavy (non-hydrogen) atoms. The molecule has 0 radical (unpaired) electrons. The smallest absolute Gasteiger partial charge is 0.225 e. The monoisotopic (exact) mass is 272 g/mol. The highest BCUT2D eigenvalue weighted by atomic mass is 32.1. The molecule has 1 saturated carbocycles. The number of amides is 1. The zero-order valence-electron chi connectivity index (χ0n) is 11.2. The SMILES string of the molecule is CCCOCCC(=O)N(CC(N)=S)C1CCCC1. The average Bonchev–Trinajstić information content (AvgIpc) is 2.84. The molecule has 0 aliphatic heterocycles. The maximum Gasteiger partial charge on any atom is 0.225 e. The minimum Gasteiger partial charge on any atom is -0.392 e. The summed E-state index contributed by atoms with van der Waals surface area (Å²) < 4.78 is 5.36. The first-order valence-electron chi connectivity index (χ1n) is 6.80. The molecule has 0 aromatic rings. The van der Waals surface area contributed by atoms with Crippen molar-refractivity contribution in [3.05, 3.63) is 0 Å². The fraction of sp³-hybridized carbons (Fsp3) is 0.846. The van der Waals surface area contributed by atoms with Gasteiger partial charge in [0.2, 0.25) is 5.91 Å². The third kappa shape index (κ3) is 5.31. The van der Waals surface area contributed by atoms with Crippen molar-refractivity contribution in [1.29, 1.82) is 0 Å². The summed E-state index contributed by atoms with van der Waals surface area (Å²) in [6.07, 6.45) is 5.94. The molecule has 5 heteroatoms. The van der Waals surface area contributed by atoms with Gasteiger partial charge in [0.05, 0.1) is 24.6 Å². The fourth-order valence-electron chi connectivity index (χ4n) is 2.35. The molecule has 0 bridgehead atoms. The highest BCUT2D eigenvalue weighted by Crippen LogP contribution is 2.23. The van der Waals surface area contributed by atoms with E-state index in [-0.39, 0.29) is 5.91 Å². The Bertz CT molecular complexity index is 278. The molecule has 0 aromatic carbocycles. The molecule has 4 nitrogen and oxygen atoms in total. The van der Waals surface area contributed by atoms with E-state index < -0.39 is 0 Å². The summed E-state index contributed by atoms with van der Waals surface area (Å²) >= 11 is 4.93. The quantitative estimate of drug-likeness (QED) is 0.541. The summed E-state index contributed by atoms with van der Waals surface area (Å²) in [5, 5.41) is 0. The number of ether oxygens (including phenoxy) is 1. The van der Waals surface area contributed by atoms with Gasteiger partial charge in [-0.2, -0.15) is 0 Å². The predicted molar refractivity (Wildman–Crippen MR) is 76.5 cm³/mol. The summed E-state index contributed by atoms with van der Waals surface area (Å²) in [5.74, 6) is 0.116. The third-order valence-corrected chi connectivity index (χ3v) is 3.35. The molecular weight excluding hydrogens is 248 g/mol. The van der Waals surface area contributed by atoms with Crippen LogP contribution in [0.5, 0.6) is 0 Å².